The van der Waals surface area contributed by atoms with E-state index >= 15 is 0 Å². The Morgan fingerprint density at radius 1 is 1.30 bits per heavy atom. The molecule has 2 unspecified atom stereocenters. The minimum Gasteiger partial charge on any atom is -0.466 e. The van der Waals surface area contributed by atoms with E-state index in [1.165, 1.54) is 0 Å². The summed E-state index contributed by atoms with van der Waals surface area (Å²) in [6.45, 7) is 4.10. The Labute approximate surface area is 134 Å². The molecular weight excluding hydrogens is 321 g/mol. The predicted octanol–water partition coefficient (Wildman–Crippen LogP) is 4.63. The maximum atomic E-state index is 11.4. The van der Waals surface area contributed by atoms with Crippen LogP contribution < -0.4 is 5.73 Å². The fourth-order valence-electron chi connectivity index (χ4n) is 2.05. The molecular formula is C14H18Cl3NO2. The summed E-state index contributed by atoms with van der Waals surface area (Å²) in [7, 11) is 0. The third kappa shape index (κ3) is 5.13. The molecule has 0 heterocycles. The van der Waals surface area contributed by atoms with Crippen LogP contribution in [0, 0.1) is 5.92 Å². The van der Waals surface area contributed by atoms with Gasteiger partial charge in [-0.1, -0.05) is 41.7 Å². The van der Waals surface area contributed by atoms with Crippen molar-refractivity contribution >= 4 is 40.8 Å². The first-order valence-corrected chi connectivity index (χ1v) is 7.54. The number of carbonyl (C=O) groups is 1. The van der Waals surface area contributed by atoms with E-state index in [-0.39, 0.29) is 17.9 Å². The highest BCUT2D eigenvalue weighted by Gasteiger charge is 2.19. The smallest absolute Gasteiger partial charge is 0.306 e. The van der Waals surface area contributed by atoms with E-state index in [9.17, 15) is 4.79 Å². The lowest BCUT2D eigenvalue weighted by Gasteiger charge is -2.19. The minimum absolute atomic E-state index is 0.0758. The zero-order chi connectivity index (χ0) is 15.3. The van der Waals surface area contributed by atoms with Gasteiger partial charge in [-0.05, 0) is 31.4 Å². The summed E-state index contributed by atoms with van der Waals surface area (Å²) in [5.41, 5.74) is 6.79. The number of esters is 1. The lowest BCUT2D eigenvalue weighted by Crippen LogP contribution is -2.18. The molecule has 0 aliphatic carbocycles. The van der Waals surface area contributed by atoms with Crippen molar-refractivity contribution in [3.8, 4) is 0 Å². The van der Waals surface area contributed by atoms with Crippen molar-refractivity contribution in [2.45, 2.75) is 32.7 Å². The van der Waals surface area contributed by atoms with Crippen LogP contribution in [0.3, 0.4) is 0 Å². The van der Waals surface area contributed by atoms with E-state index in [0.717, 1.165) is 0 Å². The number of halogens is 3. The van der Waals surface area contributed by atoms with Gasteiger partial charge in [-0.2, -0.15) is 0 Å². The number of rotatable bonds is 6. The molecule has 0 amide bonds. The molecule has 0 bridgehead atoms. The number of hydrogen-bond acceptors (Lipinski definition) is 3. The van der Waals surface area contributed by atoms with Gasteiger partial charge in [0.2, 0.25) is 0 Å². The van der Waals surface area contributed by atoms with Gasteiger partial charge < -0.3 is 10.5 Å². The molecule has 0 radical (unpaired) electrons. The van der Waals surface area contributed by atoms with Crippen molar-refractivity contribution in [1.29, 1.82) is 0 Å². The maximum absolute atomic E-state index is 11.4. The van der Waals surface area contributed by atoms with Gasteiger partial charge in [0, 0.05) is 33.1 Å². The van der Waals surface area contributed by atoms with Gasteiger partial charge in [-0.25, -0.2) is 0 Å². The lowest BCUT2D eigenvalue weighted by atomic mass is 9.94. The molecule has 0 spiro atoms. The van der Waals surface area contributed by atoms with Crippen molar-refractivity contribution in [2.24, 2.45) is 11.7 Å². The SMILES string of the molecule is CCOC(=O)CC(C)CC(N)c1c(Cl)cc(Cl)cc1Cl. The Morgan fingerprint density at radius 2 is 1.85 bits per heavy atom. The van der Waals surface area contributed by atoms with Crippen molar-refractivity contribution in [3.05, 3.63) is 32.8 Å². The normalized spacial score (nSPS) is 13.9. The molecule has 1 rings (SSSR count). The van der Waals surface area contributed by atoms with Crippen LogP contribution >= 0.6 is 34.8 Å². The van der Waals surface area contributed by atoms with Gasteiger partial charge in [-0.15, -0.1) is 0 Å². The van der Waals surface area contributed by atoms with Gasteiger partial charge in [0.05, 0.1) is 6.61 Å². The van der Waals surface area contributed by atoms with Gasteiger partial charge in [-0.3, -0.25) is 4.79 Å². The second kappa shape index (κ2) is 8.08. The monoisotopic (exact) mass is 337 g/mol. The standard InChI is InChI=1S/C14H18Cl3NO2/c1-3-20-13(19)5-8(2)4-12(18)14-10(16)6-9(15)7-11(14)17/h6-8,12H,3-5,18H2,1-2H3. The highest BCUT2D eigenvalue weighted by molar-refractivity contribution is 6.39. The molecule has 0 aromatic heterocycles. The van der Waals surface area contributed by atoms with E-state index in [1.807, 2.05) is 6.92 Å². The first kappa shape index (κ1) is 17.6. The number of hydrogen-bond donors (Lipinski definition) is 1. The molecule has 0 saturated carbocycles. The predicted molar refractivity (Wildman–Crippen MR) is 83.4 cm³/mol. The third-order valence-corrected chi connectivity index (χ3v) is 3.74. The Balaban J connectivity index is 2.71. The average molecular weight is 339 g/mol. The highest BCUT2D eigenvalue weighted by atomic mass is 35.5. The van der Waals surface area contributed by atoms with E-state index in [4.69, 9.17) is 45.3 Å². The molecule has 2 atom stereocenters. The second-order valence-corrected chi connectivity index (χ2v) is 5.99. The van der Waals surface area contributed by atoms with Crippen LogP contribution in [0.5, 0.6) is 0 Å². The summed E-state index contributed by atoms with van der Waals surface area (Å²) in [6, 6.07) is 2.87. The summed E-state index contributed by atoms with van der Waals surface area (Å²) >= 11 is 18.1. The first-order valence-electron chi connectivity index (χ1n) is 6.40. The molecule has 112 valence electrons. The molecule has 0 saturated heterocycles. The van der Waals surface area contributed by atoms with Gasteiger partial charge in [0.1, 0.15) is 0 Å². The van der Waals surface area contributed by atoms with Crippen molar-refractivity contribution in [2.75, 3.05) is 6.61 Å². The number of nitrogens with two attached hydrogens (primary N) is 1. The molecule has 2 N–H and O–H groups in total. The molecule has 6 heteroatoms. The Bertz CT molecular complexity index is 456. The molecule has 3 nitrogen and oxygen atoms in total. The van der Waals surface area contributed by atoms with E-state index in [1.54, 1.807) is 19.1 Å². The summed E-state index contributed by atoms with van der Waals surface area (Å²) in [6.07, 6.45) is 0.907. The number of carbonyl (C=O) groups excluding carboxylic acids is 1. The second-order valence-electron chi connectivity index (χ2n) is 4.74. The maximum Gasteiger partial charge on any atom is 0.306 e. The number of benzene rings is 1. The van der Waals surface area contributed by atoms with Crippen molar-refractivity contribution in [1.82, 2.24) is 0 Å². The van der Waals surface area contributed by atoms with Crippen LogP contribution in [0.15, 0.2) is 12.1 Å². The van der Waals surface area contributed by atoms with Gasteiger partial charge in [0.15, 0.2) is 0 Å². The van der Waals surface area contributed by atoms with Crippen LogP contribution in [0.2, 0.25) is 15.1 Å². The zero-order valence-electron chi connectivity index (χ0n) is 11.5. The molecule has 1 aromatic carbocycles. The topological polar surface area (TPSA) is 52.3 Å². The van der Waals surface area contributed by atoms with Crippen LogP contribution in [0.4, 0.5) is 0 Å². The minimum atomic E-state index is -0.350. The molecule has 1 aromatic rings. The van der Waals surface area contributed by atoms with Crippen LogP contribution in [-0.4, -0.2) is 12.6 Å². The first-order chi connectivity index (χ1) is 9.35. The van der Waals surface area contributed by atoms with E-state index in [2.05, 4.69) is 0 Å². The van der Waals surface area contributed by atoms with E-state index < -0.39 is 0 Å². The highest BCUT2D eigenvalue weighted by Crippen LogP contribution is 2.35. The Morgan fingerprint density at radius 3 is 2.35 bits per heavy atom. The molecule has 20 heavy (non-hydrogen) atoms. The van der Waals surface area contributed by atoms with Gasteiger partial charge in [0.25, 0.3) is 0 Å². The van der Waals surface area contributed by atoms with Gasteiger partial charge >= 0.3 is 5.97 Å². The lowest BCUT2D eigenvalue weighted by molar-refractivity contribution is -0.144. The quantitative estimate of drug-likeness (QED) is 0.770. The molecule has 0 fully saturated rings. The summed E-state index contributed by atoms with van der Waals surface area (Å²) in [5.74, 6) is -0.146. The fourth-order valence-corrected chi connectivity index (χ4v) is 3.14. The molecule has 0 aliphatic heterocycles. The Hall–Kier alpha value is -0.480. The summed E-state index contributed by atoms with van der Waals surface area (Å²) < 4.78 is 4.91. The van der Waals surface area contributed by atoms with E-state index in [0.29, 0.717) is 40.1 Å². The average Bonchev–Trinajstić information content (AvgIpc) is 2.26. The third-order valence-electron chi connectivity index (χ3n) is 2.89. The largest absolute Gasteiger partial charge is 0.466 e. The summed E-state index contributed by atoms with van der Waals surface area (Å²) in [4.78, 5) is 11.4. The van der Waals surface area contributed by atoms with Crippen molar-refractivity contribution < 1.29 is 9.53 Å². The summed E-state index contributed by atoms with van der Waals surface area (Å²) in [5, 5.41) is 1.35. The van der Waals surface area contributed by atoms with Crippen LogP contribution in [0.1, 0.15) is 38.3 Å². The van der Waals surface area contributed by atoms with Crippen LogP contribution in [0.25, 0.3) is 0 Å². The molecule has 0 aliphatic rings. The van der Waals surface area contributed by atoms with Crippen molar-refractivity contribution in [3.63, 3.8) is 0 Å². The number of ether oxygens (including phenoxy) is 1. The fraction of sp³-hybridized carbons (Fsp3) is 0.500. The van der Waals surface area contributed by atoms with Crippen LogP contribution in [-0.2, 0) is 9.53 Å². The Kier molecular flexibility index (Phi) is 7.10. The zero-order valence-corrected chi connectivity index (χ0v) is 13.7.